The van der Waals surface area contributed by atoms with Crippen LogP contribution in [0.5, 0.6) is 0 Å². The molecule has 2 heterocycles. The minimum atomic E-state index is -3.76. The summed E-state index contributed by atoms with van der Waals surface area (Å²) in [4.78, 5) is 27.2. The molecule has 32 heavy (non-hydrogen) atoms. The molecule has 0 saturated carbocycles. The molecule has 2 N–H and O–H groups in total. The second-order valence-electron chi connectivity index (χ2n) is 8.28. The number of anilines is 1. The zero-order valence-electron chi connectivity index (χ0n) is 18.3. The first-order valence-electron chi connectivity index (χ1n) is 10.5. The van der Waals surface area contributed by atoms with Crippen molar-refractivity contribution in [3.8, 4) is 0 Å². The fraction of sp³-hybridized carbons (Fsp3) is 0.348. The van der Waals surface area contributed by atoms with Gasteiger partial charge in [0.1, 0.15) is 10.9 Å². The summed E-state index contributed by atoms with van der Waals surface area (Å²) < 4.78 is 28.7. The van der Waals surface area contributed by atoms with Crippen LogP contribution in [0.3, 0.4) is 0 Å². The molecule has 9 heteroatoms. The highest BCUT2D eigenvalue weighted by Gasteiger charge is 2.39. The van der Waals surface area contributed by atoms with Gasteiger partial charge in [-0.05, 0) is 56.9 Å². The Morgan fingerprint density at radius 2 is 1.81 bits per heavy atom. The van der Waals surface area contributed by atoms with Crippen LogP contribution in [0.2, 0.25) is 0 Å². The van der Waals surface area contributed by atoms with Gasteiger partial charge in [-0.25, -0.2) is 0 Å². The van der Waals surface area contributed by atoms with E-state index in [2.05, 4.69) is 15.0 Å². The predicted octanol–water partition coefficient (Wildman–Crippen LogP) is 2.28. The summed E-state index contributed by atoms with van der Waals surface area (Å²) in [5, 5.41) is 5.57. The van der Waals surface area contributed by atoms with E-state index in [1.165, 1.54) is 6.07 Å². The van der Waals surface area contributed by atoms with Gasteiger partial charge in [0.05, 0.1) is 6.54 Å². The highest BCUT2D eigenvalue weighted by atomic mass is 32.2. The Bertz CT molecular complexity index is 1210. The van der Waals surface area contributed by atoms with Crippen molar-refractivity contribution in [3.63, 3.8) is 0 Å². The van der Waals surface area contributed by atoms with Gasteiger partial charge in [-0.15, -0.1) is 4.40 Å². The van der Waals surface area contributed by atoms with Crippen molar-refractivity contribution < 1.29 is 18.0 Å². The Kier molecular flexibility index (Phi) is 5.77. The maximum atomic E-state index is 12.9. The molecule has 2 aromatic rings. The van der Waals surface area contributed by atoms with Gasteiger partial charge in [-0.3, -0.25) is 9.59 Å². The molecular formula is C23H26N4O4S. The summed E-state index contributed by atoms with van der Waals surface area (Å²) in [6.45, 7) is 6.21. The average molecular weight is 455 g/mol. The van der Waals surface area contributed by atoms with E-state index in [4.69, 9.17) is 0 Å². The maximum Gasteiger partial charge on any atom is 0.285 e. The Morgan fingerprint density at radius 3 is 2.53 bits per heavy atom. The van der Waals surface area contributed by atoms with Crippen molar-refractivity contribution in [2.45, 2.75) is 44.6 Å². The van der Waals surface area contributed by atoms with Crippen LogP contribution < -0.4 is 10.6 Å². The third-order valence-corrected chi connectivity index (χ3v) is 7.13. The number of nitrogens with zero attached hydrogens (tertiary/aromatic N) is 2. The summed E-state index contributed by atoms with van der Waals surface area (Å²) in [5.74, 6) is -0.336. The third kappa shape index (κ3) is 4.12. The van der Waals surface area contributed by atoms with Crippen molar-refractivity contribution >= 4 is 33.4 Å². The van der Waals surface area contributed by atoms with Crippen molar-refractivity contribution in [1.29, 1.82) is 0 Å². The van der Waals surface area contributed by atoms with Gasteiger partial charge in [0.2, 0.25) is 11.8 Å². The van der Waals surface area contributed by atoms with Crippen molar-refractivity contribution in [3.05, 3.63) is 58.7 Å². The van der Waals surface area contributed by atoms with Crippen molar-refractivity contribution in [2.75, 3.05) is 18.4 Å². The molecule has 0 unspecified atom stereocenters. The largest absolute Gasteiger partial charge is 0.345 e. The fourth-order valence-corrected chi connectivity index (χ4v) is 5.65. The number of nitrogens with one attached hydrogen (secondary N) is 2. The third-order valence-electron chi connectivity index (χ3n) is 5.80. The Balaban J connectivity index is 1.44. The molecule has 2 aliphatic heterocycles. The van der Waals surface area contributed by atoms with E-state index >= 15 is 0 Å². The molecule has 168 valence electrons. The van der Waals surface area contributed by atoms with Crippen molar-refractivity contribution in [1.82, 2.24) is 10.2 Å². The normalized spacial score (nSPS) is 18.8. The molecule has 4 rings (SSSR count). The monoisotopic (exact) mass is 454 g/mol. The smallest absolute Gasteiger partial charge is 0.285 e. The van der Waals surface area contributed by atoms with Gasteiger partial charge < -0.3 is 15.5 Å². The molecule has 0 aliphatic carbocycles. The second kappa shape index (κ2) is 8.38. The molecule has 0 radical (unpaired) electrons. The van der Waals surface area contributed by atoms with Crippen LogP contribution in [0.25, 0.3) is 0 Å². The zero-order chi connectivity index (χ0) is 23.0. The lowest BCUT2D eigenvalue weighted by Crippen LogP contribution is -2.47. The number of carbonyl (C=O) groups excluding carboxylic acids is 2. The van der Waals surface area contributed by atoms with Crippen LogP contribution in [-0.2, 0) is 19.6 Å². The van der Waals surface area contributed by atoms with Gasteiger partial charge in [0.25, 0.3) is 10.0 Å². The number of amides is 2. The number of sulfonamides is 1. The Hall–Kier alpha value is -3.20. The summed E-state index contributed by atoms with van der Waals surface area (Å²) in [6.07, 6.45) is 1.29. The first kappa shape index (κ1) is 22.0. The lowest BCUT2D eigenvalue weighted by molar-refractivity contribution is -0.126. The second-order valence-corrected chi connectivity index (χ2v) is 9.85. The minimum absolute atomic E-state index is 0.157. The Morgan fingerprint density at radius 1 is 1.12 bits per heavy atom. The van der Waals surface area contributed by atoms with E-state index in [-0.39, 0.29) is 23.3 Å². The average Bonchev–Trinajstić information content (AvgIpc) is 3.32. The lowest BCUT2D eigenvalue weighted by atomic mass is 10.1. The molecular weight excluding hydrogens is 428 g/mol. The van der Waals surface area contributed by atoms with Gasteiger partial charge in [0, 0.05) is 17.8 Å². The lowest BCUT2D eigenvalue weighted by Gasteiger charge is -2.25. The summed E-state index contributed by atoms with van der Waals surface area (Å²) >= 11 is 0. The molecule has 0 spiro atoms. The maximum absolute atomic E-state index is 12.9. The number of carbonyl (C=O) groups is 2. The van der Waals surface area contributed by atoms with Gasteiger partial charge in [-0.1, -0.05) is 29.8 Å². The fourth-order valence-electron chi connectivity index (χ4n) is 4.43. The summed E-state index contributed by atoms with van der Waals surface area (Å²) in [5.41, 5.74) is 4.30. The van der Waals surface area contributed by atoms with Crippen LogP contribution in [0, 0.1) is 20.8 Å². The van der Waals surface area contributed by atoms with Crippen LogP contribution in [0.4, 0.5) is 5.69 Å². The predicted molar refractivity (Wildman–Crippen MR) is 122 cm³/mol. The quantitative estimate of drug-likeness (QED) is 0.737. The molecule has 8 nitrogen and oxygen atoms in total. The Labute approximate surface area is 187 Å². The number of amidine groups is 1. The van der Waals surface area contributed by atoms with E-state index in [9.17, 15) is 18.0 Å². The molecule has 2 amide bonds. The highest BCUT2D eigenvalue weighted by Crippen LogP contribution is 2.31. The molecule has 1 saturated heterocycles. The molecule has 2 aromatic carbocycles. The van der Waals surface area contributed by atoms with Crippen LogP contribution in [-0.4, -0.2) is 50.1 Å². The molecule has 1 atom stereocenters. The molecule has 2 aliphatic rings. The summed E-state index contributed by atoms with van der Waals surface area (Å²) in [6, 6.07) is 10.0. The topological polar surface area (TPSA) is 108 Å². The van der Waals surface area contributed by atoms with Crippen LogP contribution in [0.1, 0.15) is 35.1 Å². The van der Waals surface area contributed by atoms with E-state index < -0.39 is 16.1 Å². The van der Waals surface area contributed by atoms with Crippen LogP contribution >= 0.6 is 0 Å². The number of aryl methyl sites for hydroxylation is 3. The number of hydrogen-bond acceptors (Lipinski definition) is 5. The molecule has 0 aromatic heterocycles. The highest BCUT2D eigenvalue weighted by molar-refractivity contribution is 7.90. The first-order valence-corrected chi connectivity index (χ1v) is 12.0. The number of benzene rings is 2. The van der Waals surface area contributed by atoms with Gasteiger partial charge in [-0.2, -0.15) is 8.42 Å². The van der Waals surface area contributed by atoms with Gasteiger partial charge in [0.15, 0.2) is 5.84 Å². The minimum Gasteiger partial charge on any atom is -0.345 e. The SMILES string of the molecule is Cc1cc(C)c(NC(=O)CNC(=O)[C@@H]2CCCN2C2=NS(=O)(=O)c3ccccc32)c(C)c1. The zero-order valence-corrected chi connectivity index (χ0v) is 19.1. The summed E-state index contributed by atoms with van der Waals surface area (Å²) in [7, 11) is -3.76. The number of rotatable bonds is 4. The van der Waals surface area contributed by atoms with Gasteiger partial charge >= 0.3 is 0 Å². The van der Waals surface area contributed by atoms with E-state index in [0.29, 0.717) is 24.4 Å². The standard InChI is InChI=1S/C23H26N4O4S/c1-14-11-15(2)21(16(3)12-14)25-20(28)13-24-23(29)18-8-6-10-27(18)22-17-7-4-5-9-19(17)32(30,31)26-22/h4-5,7,9,11-12,18H,6,8,10,13H2,1-3H3,(H,24,29)(H,25,28)/t18-/m0/s1. The van der Waals surface area contributed by atoms with Crippen molar-refractivity contribution in [2.24, 2.45) is 4.40 Å². The van der Waals surface area contributed by atoms with E-state index in [1.807, 2.05) is 32.9 Å². The molecule has 0 bridgehead atoms. The van der Waals surface area contributed by atoms with E-state index in [1.54, 1.807) is 23.1 Å². The number of fused-ring (bicyclic) bond motifs is 1. The van der Waals surface area contributed by atoms with E-state index in [0.717, 1.165) is 28.8 Å². The number of likely N-dealkylation sites (tertiary alicyclic amines) is 1. The first-order chi connectivity index (χ1) is 15.2. The van der Waals surface area contributed by atoms with Crippen LogP contribution in [0.15, 0.2) is 45.7 Å². The number of hydrogen-bond donors (Lipinski definition) is 2. The molecule has 1 fully saturated rings.